The van der Waals surface area contributed by atoms with Crippen LogP contribution >= 0.6 is 0 Å². The summed E-state index contributed by atoms with van der Waals surface area (Å²) in [4.78, 5) is 11.5. The van der Waals surface area contributed by atoms with Crippen molar-refractivity contribution in [2.24, 2.45) is 12.8 Å². The van der Waals surface area contributed by atoms with E-state index in [4.69, 9.17) is 10.3 Å². The second-order valence-corrected chi connectivity index (χ2v) is 5.14. The molecular formula is C16H17N5O2. The Morgan fingerprint density at radius 2 is 2.00 bits per heavy atom. The second-order valence-electron chi connectivity index (χ2n) is 5.14. The SMILES string of the molecule is Cn1cc(-c2ccc(-c3cc(NC(=O)CCN)on3)cc2)cn1. The van der Waals surface area contributed by atoms with Gasteiger partial charge in [0.15, 0.2) is 0 Å². The van der Waals surface area contributed by atoms with Gasteiger partial charge in [-0.05, 0) is 5.56 Å². The Kier molecular flexibility index (Phi) is 4.20. The van der Waals surface area contributed by atoms with Crippen molar-refractivity contribution in [1.29, 1.82) is 0 Å². The van der Waals surface area contributed by atoms with E-state index >= 15 is 0 Å². The van der Waals surface area contributed by atoms with Gasteiger partial charge in [-0.15, -0.1) is 0 Å². The van der Waals surface area contributed by atoms with Crippen LogP contribution in [0.1, 0.15) is 6.42 Å². The highest BCUT2D eigenvalue weighted by Crippen LogP contribution is 2.25. The first-order valence-electron chi connectivity index (χ1n) is 7.22. The number of rotatable bonds is 5. The molecule has 0 radical (unpaired) electrons. The first kappa shape index (κ1) is 15.0. The molecule has 0 bridgehead atoms. The number of carbonyl (C=O) groups excluding carboxylic acids is 1. The predicted octanol–water partition coefficient (Wildman–Crippen LogP) is 2.03. The van der Waals surface area contributed by atoms with E-state index in [1.165, 1.54) is 0 Å². The summed E-state index contributed by atoms with van der Waals surface area (Å²) in [6.07, 6.45) is 4.02. The van der Waals surface area contributed by atoms with Crippen molar-refractivity contribution in [2.75, 3.05) is 11.9 Å². The number of hydrogen-bond donors (Lipinski definition) is 2. The minimum absolute atomic E-state index is 0.192. The van der Waals surface area contributed by atoms with E-state index in [-0.39, 0.29) is 12.3 Å². The summed E-state index contributed by atoms with van der Waals surface area (Å²) < 4.78 is 6.88. The Morgan fingerprint density at radius 3 is 2.65 bits per heavy atom. The lowest BCUT2D eigenvalue weighted by Crippen LogP contribution is -2.15. The predicted molar refractivity (Wildman–Crippen MR) is 86.4 cm³/mol. The second kappa shape index (κ2) is 6.45. The van der Waals surface area contributed by atoms with Gasteiger partial charge in [0.25, 0.3) is 0 Å². The Hall–Kier alpha value is -2.93. The summed E-state index contributed by atoms with van der Waals surface area (Å²) in [6, 6.07) is 9.58. The topological polar surface area (TPSA) is 99.0 Å². The minimum atomic E-state index is -0.192. The summed E-state index contributed by atoms with van der Waals surface area (Å²) in [5.41, 5.74) is 9.01. The van der Waals surface area contributed by atoms with Gasteiger partial charge in [-0.2, -0.15) is 5.10 Å². The van der Waals surface area contributed by atoms with E-state index in [0.717, 1.165) is 16.7 Å². The van der Waals surface area contributed by atoms with Gasteiger partial charge in [-0.25, -0.2) is 0 Å². The van der Waals surface area contributed by atoms with Gasteiger partial charge >= 0.3 is 0 Å². The van der Waals surface area contributed by atoms with Crippen molar-refractivity contribution in [1.82, 2.24) is 14.9 Å². The van der Waals surface area contributed by atoms with E-state index in [1.807, 2.05) is 43.7 Å². The molecule has 23 heavy (non-hydrogen) atoms. The molecule has 3 rings (SSSR count). The van der Waals surface area contributed by atoms with Crippen LogP contribution in [0.5, 0.6) is 0 Å². The normalized spacial score (nSPS) is 10.7. The number of anilines is 1. The molecule has 0 unspecified atom stereocenters. The zero-order valence-electron chi connectivity index (χ0n) is 12.7. The molecule has 2 heterocycles. The van der Waals surface area contributed by atoms with Gasteiger partial charge in [-0.1, -0.05) is 29.4 Å². The maximum absolute atomic E-state index is 11.5. The molecule has 118 valence electrons. The van der Waals surface area contributed by atoms with Gasteiger partial charge in [0.05, 0.1) is 6.20 Å². The van der Waals surface area contributed by atoms with E-state index in [1.54, 1.807) is 10.7 Å². The third-order valence-electron chi connectivity index (χ3n) is 3.36. The number of aryl methyl sites for hydroxylation is 1. The Balaban J connectivity index is 1.75. The van der Waals surface area contributed by atoms with Crippen molar-refractivity contribution >= 4 is 11.8 Å². The van der Waals surface area contributed by atoms with Crippen LogP contribution in [0.3, 0.4) is 0 Å². The summed E-state index contributed by atoms with van der Waals surface area (Å²) in [5, 5.41) is 10.7. The van der Waals surface area contributed by atoms with Crippen molar-refractivity contribution < 1.29 is 9.32 Å². The molecule has 0 aliphatic heterocycles. The number of carbonyl (C=O) groups is 1. The zero-order chi connectivity index (χ0) is 16.2. The fraction of sp³-hybridized carbons (Fsp3) is 0.188. The lowest BCUT2D eigenvalue weighted by atomic mass is 10.1. The molecule has 0 aliphatic carbocycles. The molecule has 7 nitrogen and oxygen atoms in total. The average Bonchev–Trinajstić information content (AvgIpc) is 3.17. The third-order valence-corrected chi connectivity index (χ3v) is 3.36. The van der Waals surface area contributed by atoms with Gasteiger partial charge < -0.3 is 10.3 Å². The number of benzene rings is 1. The molecule has 0 saturated heterocycles. The first-order valence-corrected chi connectivity index (χ1v) is 7.22. The maximum Gasteiger partial charge on any atom is 0.231 e. The lowest BCUT2D eigenvalue weighted by molar-refractivity contribution is -0.116. The minimum Gasteiger partial charge on any atom is -0.338 e. The molecule has 1 amide bonds. The van der Waals surface area contributed by atoms with E-state index in [9.17, 15) is 4.79 Å². The van der Waals surface area contributed by atoms with Gasteiger partial charge in [0.1, 0.15) is 5.69 Å². The van der Waals surface area contributed by atoms with Gasteiger partial charge in [0, 0.05) is 43.4 Å². The van der Waals surface area contributed by atoms with Crippen molar-refractivity contribution in [3.63, 3.8) is 0 Å². The molecule has 0 fully saturated rings. The number of nitrogens with one attached hydrogen (secondary N) is 1. The smallest absolute Gasteiger partial charge is 0.231 e. The molecular weight excluding hydrogens is 294 g/mol. The van der Waals surface area contributed by atoms with E-state index in [2.05, 4.69) is 15.6 Å². The fourth-order valence-corrected chi connectivity index (χ4v) is 2.20. The van der Waals surface area contributed by atoms with Crippen LogP contribution in [0.2, 0.25) is 0 Å². The number of hydrogen-bond acceptors (Lipinski definition) is 5. The number of nitrogens with zero attached hydrogens (tertiary/aromatic N) is 3. The lowest BCUT2D eigenvalue weighted by Gasteiger charge is -1.99. The molecule has 3 aromatic rings. The van der Waals surface area contributed by atoms with Crippen LogP contribution < -0.4 is 11.1 Å². The van der Waals surface area contributed by atoms with E-state index in [0.29, 0.717) is 18.1 Å². The number of amides is 1. The highest BCUT2D eigenvalue weighted by Gasteiger charge is 2.09. The molecule has 0 spiro atoms. The maximum atomic E-state index is 11.5. The quantitative estimate of drug-likeness (QED) is 0.751. The van der Waals surface area contributed by atoms with Crippen LogP contribution in [-0.4, -0.2) is 27.4 Å². The standard InChI is InChI=1S/C16H17N5O2/c1-21-10-13(9-18-21)11-2-4-12(5-3-11)14-8-16(23-20-14)19-15(22)6-7-17/h2-5,8-10H,6-7,17H2,1H3,(H,19,22). The molecule has 3 N–H and O–H groups in total. The van der Waals surface area contributed by atoms with Crippen LogP contribution in [-0.2, 0) is 11.8 Å². The molecule has 2 aromatic heterocycles. The van der Waals surface area contributed by atoms with Crippen molar-refractivity contribution in [2.45, 2.75) is 6.42 Å². The molecule has 0 saturated carbocycles. The summed E-state index contributed by atoms with van der Waals surface area (Å²) in [5.74, 6) is 0.122. The van der Waals surface area contributed by atoms with Crippen LogP contribution in [0.4, 0.5) is 5.88 Å². The molecule has 7 heteroatoms. The third kappa shape index (κ3) is 3.46. The van der Waals surface area contributed by atoms with E-state index < -0.39 is 0 Å². The monoisotopic (exact) mass is 311 g/mol. The molecule has 0 atom stereocenters. The molecule has 1 aromatic carbocycles. The first-order chi connectivity index (χ1) is 11.2. The molecule has 0 aliphatic rings. The number of aromatic nitrogens is 3. The van der Waals surface area contributed by atoms with Crippen LogP contribution in [0, 0.1) is 0 Å². The highest BCUT2D eigenvalue weighted by molar-refractivity contribution is 5.89. The summed E-state index contributed by atoms with van der Waals surface area (Å²) in [7, 11) is 1.88. The van der Waals surface area contributed by atoms with Crippen molar-refractivity contribution in [3.05, 3.63) is 42.7 Å². The Morgan fingerprint density at radius 1 is 1.26 bits per heavy atom. The Labute approximate surface area is 133 Å². The fourth-order valence-electron chi connectivity index (χ4n) is 2.20. The summed E-state index contributed by atoms with van der Waals surface area (Å²) in [6.45, 7) is 0.294. The van der Waals surface area contributed by atoms with Gasteiger partial charge in [0.2, 0.25) is 11.8 Å². The summed E-state index contributed by atoms with van der Waals surface area (Å²) >= 11 is 0. The van der Waals surface area contributed by atoms with Crippen LogP contribution in [0.15, 0.2) is 47.2 Å². The van der Waals surface area contributed by atoms with Gasteiger partial charge in [-0.3, -0.25) is 14.8 Å². The average molecular weight is 311 g/mol. The highest BCUT2D eigenvalue weighted by atomic mass is 16.5. The number of nitrogens with two attached hydrogens (primary N) is 1. The van der Waals surface area contributed by atoms with Crippen LogP contribution in [0.25, 0.3) is 22.4 Å². The Bertz CT molecular complexity index is 804. The largest absolute Gasteiger partial charge is 0.338 e. The zero-order valence-corrected chi connectivity index (χ0v) is 12.7. The van der Waals surface area contributed by atoms with Crippen molar-refractivity contribution in [3.8, 4) is 22.4 Å².